The van der Waals surface area contributed by atoms with Crippen LogP contribution in [0.3, 0.4) is 0 Å². The maximum Gasteiger partial charge on any atom is 3.00 e. The first-order valence-corrected chi connectivity index (χ1v) is 4.74. The molecule has 0 aliphatic carbocycles. The molecule has 0 saturated carbocycles. The van der Waals surface area contributed by atoms with Crippen LogP contribution in [-0.4, -0.2) is 14.8 Å². The predicted molar refractivity (Wildman–Crippen MR) is 55.4 cm³/mol. The van der Waals surface area contributed by atoms with Gasteiger partial charge in [-0.25, -0.2) is 0 Å². The van der Waals surface area contributed by atoms with Crippen LogP contribution in [0.4, 0.5) is 0 Å². The molecule has 3 nitrogen and oxygen atoms in total. The van der Waals surface area contributed by atoms with Gasteiger partial charge in [-0.15, -0.1) is 10.2 Å². The standard InChI is InChI=1S/C11H13N3.Ir/c1-9(2)11-13-12-8-14(11)10-6-4-3-5-7-10;/h3-9H,1-2H3;/q;+3. The Morgan fingerprint density at radius 2 is 1.80 bits per heavy atom. The van der Waals surface area contributed by atoms with E-state index in [9.17, 15) is 0 Å². The first-order valence-electron chi connectivity index (χ1n) is 4.74. The van der Waals surface area contributed by atoms with Crippen LogP contribution < -0.4 is 0 Å². The Bertz CT molecular complexity index is 409. The molecular weight excluding hydrogens is 366 g/mol. The number of nitrogens with zero attached hydrogens (tertiary/aromatic N) is 3. The van der Waals surface area contributed by atoms with Crippen molar-refractivity contribution in [2.75, 3.05) is 0 Å². The quantitative estimate of drug-likeness (QED) is 0.802. The van der Waals surface area contributed by atoms with Gasteiger partial charge in [-0.3, -0.25) is 4.57 Å². The fourth-order valence-corrected chi connectivity index (χ4v) is 1.43. The molecule has 1 heterocycles. The average Bonchev–Trinajstić information content (AvgIpc) is 2.67. The van der Waals surface area contributed by atoms with Crippen molar-refractivity contribution >= 4 is 0 Å². The molecule has 0 saturated heterocycles. The summed E-state index contributed by atoms with van der Waals surface area (Å²) < 4.78 is 2.02. The molecule has 78 valence electrons. The molecule has 1 aromatic carbocycles. The van der Waals surface area contributed by atoms with Crippen molar-refractivity contribution in [3.63, 3.8) is 0 Å². The topological polar surface area (TPSA) is 30.7 Å². The number of aromatic nitrogens is 3. The molecule has 2 rings (SSSR count). The van der Waals surface area contributed by atoms with Crippen molar-refractivity contribution < 1.29 is 20.1 Å². The third-order valence-corrected chi connectivity index (χ3v) is 2.12. The minimum Gasteiger partial charge on any atom is -0.285 e. The second-order valence-corrected chi connectivity index (χ2v) is 3.55. The number of hydrogen-bond donors (Lipinski definition) is 0. The normalized spacial score (nSPS) is 10.1. The zero-order chi connectivity index (χ0) is 9.97. The molecule has 0 amide bonds. The zero-order valence-corrected chi connectivity index (χ0v) is 11.1. The Labute approximate surface area is 103 Å². The third-order valence-electron chi connectivity index (χ3n) is 2.12. The van der Waals surface area contributed by atoms with E-state index >= 15 is 0 Å². The van der Waals surface area contributed by atoms with E-state index in [1.807, 2.05) is 22.8 Å². The molecular formula is C11H13IrN3+3. The van der Waals surface area contributed by atoms with Gasteiger partial charge in [-0.2, -0.15) is 0 Å². The van der Waals surface area contributed by atoms with Crippen LogP contribution in [0.25, 0.3) is 5.69 Å². The molecule has 0 atom stereocenters. The second-order valence-electron chi connectivity index (χ2n) is 3.55. The monoisotopic (exact) mass is 380 g/mol. The van der Waals surface area contributed by atoms with Crippen molar-refractivity contribution in [1.29, 1.82) is 0 Å². The average molecular weight is 379 g/mol. The number of rotatable bonds is 2. The van der Waals surface area contributed by atoms with Gasteiger partial charge >= 0.3 is 20.1 Å². The van der Waals surface area contributed by atoms with Gasteiger partial charge in [0.1, 0.15) is 12.2 Å². The van der Waals surface area contributed by atoms with Crippen LogP contribution in [0.15, 0.2) is 36.7 Å². The fraction of sp³-hybridized carbons (Fsp3) is 0.273. The van der Waals surface area contributed by atoms with E-state index in [4.69, 9.17) is 0 Å². The minimum absolute atomic E-state index is 0. The van der Waals surface area contributed by atoms with Crippen LogP contribution in [-0.2, 0) is 20.1 Å². The van der Waals surface area contributed by atoms with E-state index in [1.54, 1.807) is 6.33 Å². The van der Waals surface area contributed by atoms with E-state index in [-0.39, 0.29) is 20.1 Å². The molecule has 0 N–H and O–H groups in total. The van der Waals surface area contributed by atoms with Crippen molar-refractivity contribution in [1.82, 2.24) is 14.8 Å². The number of hydrogen-bond acceptors (Lipinski definition) is 2. The van der Waals surface area contributed by atoms with Gasteiger partial charge in [0.25, 0.3) is 0 Å². The molecule has 15 heavy (non-hydrogen) atoms. The fourth-order valence-electron chi connectivity index (χ4n) is 1.43. The summed E-state index contributed by atoms with van der Waals surface area (Å²) in [5, 5.41) is 8.04. The number of benzene rings is 1. The zero-order valence-electron chi connectivity index (χ0n) is 8.72. The molecule has 0 aliphatic rings. The van der Waals surface area contributed by atoms with Crippen molar-refractivity contribution in [2.24, 2.45) is 0 Å². The molecule has 0 aliphatic heterocycles. The molecule has 4 heteroatoms. The van der Waals surface area contributed by atoms with Crippen LogP contribution in [0, 0.1) is 0 Å². The molecule has 2 aromatic rings. The smallest absolute Gasteiger partial charge is 0.285 e. The van der Waals surface area contributed by atoms with Gasteiger partial charge in [0.05, 0.1) is 0 Å². The summed E-state index contributed by atoms with van der Waals surface area (Å²) in [7, 11) is 0. The first-order chi connectivity index (χ1) is 6.79. The summed E-state index contributed by atoms with van der Waals surface area (Å²) in [5.41, 5.74) is 1.11. The van der Waals surface area contributed by atoms with Crippen LogP contribution in [0.2, 0.25) is 0 Å². The number of para-hydroxylation sites is 1. The summed E-state index contributed by atoms with van der Waals surface area (Å²) in [6, 6.07) is 10.1. The van der Waals surface area contributed by atoms with Crippen molar-refractivity contribution in [2.45, 2.75) is 19.8 Å². The van der Waals surface area contributed by atoms with Gasteiger partial charge < -0.3 is 0 Å². The predicted octanol–water partition coefficient (Wildman–Crippen LogP) is 2.39. The summed E-state index contributed by atoms with van der Waals surface area (Å²) in [6.45, 7) is 4.23. The first kappa shape index (κ1) is 12.1. The van der Waals surface area contributed by atoms with E-state index in [1.165, 1.54) is 0 Å². The minimum atomic E-state index is 0. The maximum absolute atomic E-state index is 4.11. The molecule has 1 aromatic heterocycles. The molecule has 0 spiro atoms. The SMILES string of the molecule is CC(C)c1nncn1-c1ccccc1.[Ir+3]. The Morgan fingerprint density at radius 1 is 1.13 bits per heavy atom. The summed E-state index contributed by atoms with van der Waals surface area (Å²) in [6.07, 6.45) is 1.75. The Kier molecular flexibility index (Phi) is 4.18. The van der Waals surface area contributed by atoms with Gasteiger partial charge in [0, 0.05) is 11.6 Å². The van der Waals surface area contributed by atoms with Gasteiger partial charge in [-0.05, 0) is 12.1 Å². The largest absolute Gasteiger partial charge is 3.00 e. The Hall–Kier alpha value is -0.991. The Balaban J connectivity index is 0.00000112. The summed E-state index contributed by atoms with van der Waals surface area (Å²) in [5.74, 6) is 1.38. The van der Waals surface area contributed by atoms with Crippen molar-refractivity contribution in [3.05, 3.63) is 42.5 Å². The summed E-state index contributed by atoms with van der Waals surface area (Å²) >= 11 is 0. The van der Waals surface area contributed by atoms with Crippen molar-refractivity contribution in [3.8, 4) is 5.69 Å². The van der Waals surface area contributed by atoms with E-state index in [2.05, 4.69) is 36.2 Å². The van der Waals surface area contributed by atoms with Gasteiger partial charge in [-0.1, -0.05) is 32.0 Å². The van der Waals surface area contributed by atoms with Crippen LogP contribution in [0.5, 0.6) is 0 Å². The Morgan fingerprint density at radius 3 is 2.40 bits per heavy atom. The molecule has 0 bridgehead atoms. The van der Waals surface area contributed by atoms with Crippen LogP contribution in [0.1, 0.15) is 25.6 Å². The second kappa shape index (κ2) is 5.19. The van der Waals surface area contributed by atoms with E-state index < -0.39 is 0 Å². The summed E-state index contributed by atoms with van der Waals surface area (Å²) in [4.78, 5) is 0. The maximum atomic E-state index is 4.11. The molecule has 0 fully saturated rings. The van der Waals surface area contributed by atoms with E-state index in [0.717, 1.165) is 11.5 Å². The third kappa shape index (κ3) is 2.52. The molecule has 0 radical (unpaired) electrons. The van der Waals surface area contributed by atoms with Crippen LogP contribution >= 0.6 is 0 Å². The molecule has 0 unspecified atom stereocenters. The van der Waals surface area contributed by atoms with Gasteiger partial charge in [0.2, 0.25) is 0 Å². The van der Waals surface area contributed by atoms with E-state index in [0.29, 0.717) is 5.92 Å². The van der Waals surface area contributed by atoms with Gasteiger partial charge in [0.15, 0.2) is 0 Å².